The van der Waals surface area contributed by atoms with Crippen molar-refractivity contribution in [3.63, 3.8) is 0 Å². The molecule has 2 aliphatic rings. The van der Waals surface area contributed by atoms with Gasteiger partial charge in [0.15, 0.2) is 12.5 Å². The van der Waals surface area contributed by atoms with E-state index < -0.39 is 11.9 Å². The number of rotatable bonds is 8. The molecule has 0 fully saturated rings. The molecule has 0 spiro atoms. The number of fused-ring (bicyclic) bond motifs is 1. The van der Waals surface area contributed by atoms with Crippen LogP contribution in [0.4, 0.5) is 4.79 Å². The van der Waals surface area contributed by atoms with E-state index in [-0.39, 0.29) is 18.4 Å². The first-order valence-electron chi connectivity index (χ1n) is 9.98. The number of imide groups is 1. The molecule has 1 aromatic rings. The van der Waals surface area contributed by atoms with Crippen molar-refractivity contribution in [2.24, 2.45) is 16.8 Å². The number of hydrogen-bond donors (Lipinski definition) is 1. The number of dihydropyridines is 1. The summed E-state index contributed by atoms with van der Waals surface area (Å²) in [5, 5.41) is 2.85. The van der Waals surface area contributed by atoms with Gasteiger partial charge in [0.05, 0.1) is 6.54 Å². The summed E-state index contributed by atoms with van der Waals surface area (Å²) >= 11 is 0. The predicted molar refractivity (Wildman–Crippen MR) is 111 cm³/mol. The fraction of sp³-hybridized carbons (Fsp3) is 0.409. The van der Waals surface area contributed by atoms with Gasteiger partial charge in [-0.3, -0.25) is 9.59 Å². The zero-order valence-corrected chi connectivity index (χ0v) is 16.9. The van der Waals surface area contributed by atoms with Crippen molar-refractivity contribution < 1.29 is 19.0 Å². The van der Waals surface area contributed by atoms with Gasteiger partial charge < -0.3 is 5.32 Å². The molecule has 0 aliphatic carbocycles. The van der Waals surface area contributed by atoms with Crippen LogP contribution in [0.2, 0.25) is 0 Å². The van der Waals surface area contributed by atoms with Gasteiger partial charge in [-0.1, -0.05) is 50.3 Å². The fourth-order valence-corrected chi connectivity index (χ4v) is 3.31. The standard InChI is InChI=1S/C22H26N4O3/c1-16(2)11-14-25-21(28)18-9-6-12-24-20(18)26(22(25)29)15-19(27)23-13-10-17-7-4-3-5-8-17/h3-9,12,16,18H,10-11,13-15H2,1-2H3/p+1. The van der Waals surface area contributed by atoms with Crippen LogP contribution in [-0.2, 0) is 16.0 Å². The van der Waals surface area contributed by atoms with E-state index in [1.807, 2.05) is 44.2 Å². The highest BCUT2D eigenvalue weighted by Gasteiger charge is 2.46. The van der Waals surface area contributed by atoms with E-state index in [1.54, 1.807) is 12.2 Å². The maximum absolute atomic E-state index is 13.0. The zero-order valence-electron chi connectivity index (χ0n) is 16.9. The quantitative estimate of drug-likeness (QED) is 0.684. The van der Waals surface area contributed by atoms with Gasteiger partial charge in [-0.2, -0.15) is 9.48 Å². The van der Waals surface area contributed by atoms with Crippen molar-refractivity contribution >= 4 is 29.9 Å². The molecule has 152 valence electrons. The van der Waals surface area contributed by atoms with Crippen molar-refractivity contribution in [2.45, 2.75) is 26.7 Å². The van der Waals surface area contributed by atoms with Crippen LogP contribution in [0.3, 0.4) is 0 Å². The van der Waals surface area contributed by atoms with Crippen molar-refractivity contribution in [3.05, 3.63) is 48.0 Å². The third-order valence-electron chi connectivity index (χ3n) is 4.96. The van der Waals surface area contributed by atoms with Crippen LogP contribution in [0.5, 0.6) is 0 Å². The Balaban J connectivity index is 1.70. The van der Waals surface area contributed by atoms with Crippen molar-refractivity contribution in [1.82, 2.24) is 10.2 Å². The molecule has 29 heavy (non-hydrogen) atoms. The molecule has 0 radical (unpaired) electrons. The highest BCUT2D eigenvalue weighted by Crippen LogP contribution is 2.19. The first-order chi connectivity index (χ1) is 14.0. The second-order valence-electron chi connectivity index (χ2n) is 7.63. The number of hydrogen-bond acceptors (Lipinski definition) is 4. The maximum atomic E-state index is 13.0. The topological polar surface area (TPSA) is 81.8 Å². The Kier molecular flexibility index (Phi) is 6.69. The fourth-order valence-electron chi connectivity index (χ4n) is 3.31. The number of allylic oxidation sites excluding steroid dienone is 1. The van der Waals surface area contributed by atoms with Crippen LogP contribution in [0.15, 0.2) is 47.5 Å². The zero-order chi connectivity index (χ0) is 20.8. The van der Waals surface area contributed by atoms with E-state index in [0.29, 0.717) is 37.7 Å². The van der Waals surface area contributed by atoms with Gasteiger partial charge in [-0.25, -0.2) is 4.79 Å². The summed E-state index contributed by atoms with van der Waals surface area (Å²) in [4.78, 5) is 43.7. The number of carbonyl (C=O) groups is 3. The summed E-state index contributed by atoms with van der Waals surface area (Å²) in [6.07, 6.45) is 6.38. The van der Waals surface area contributed by atoms with E-state index in [4.69, 9.17) is 0 Å². The number of urea groups is 1. The number of amidine groups is 1. The predicted octanol–water partition coefficient (Wildman–Crippen LogP) is 2.02. The number of aliphatic imine (C=N–C) groups is 1. The first kappa shape index (κ1) is 20.6. The van der Waals surface area contributed by atoms with E-state index in [0.717, 1.165) is 5.56 Å². The molecule has 1 unspecified atom stereocenters. The van der Waals surface area contributed by atoms with Gasteiger partial charge in [0.25, 0.3) is 11.7 Å². The number of nitrogens with zero attached hydrogens (tertiary/aromatic N) is 3. The molecule has 7 nitrogen and oxygen atoms in total. The van der Waals surface area contributed by atoms with Crippen LogP contribution >= 0.6 is 0 Å². The molecule has 1 aromatic carbocycles. The monoisotopic (exact) mass is 395 g/mol. The lowest BCUT2D eigenvalue weighted by Crippen LogP contribution is -2.56. The minimum absolute atomic E-state index is 0.157. The number of carbonyl (C=O) groups excluding carboxylic acids is 3. The average molecular weight is 395 g/mol. The molecule has 3 rings (SSSR count). The Bertz CT molecular complexity index is 871. The largest absolute Gasteiger partial charge is 0.446 e. The molecular formula is C22H27N4O3+. The van der Waals surface area contributed by atoms with Gasteiger partial charge >= 0.3 is 11.9 Å². The number of benzene rings is 1. The van der Waals surface area contributed by atoms with Crippen molar-refractivity contribution in [2.75, 3.05) is 19.6 Å². The van der Waals surface area contributed by atoms with E-state index in [9.17, 15) is 14.4 Å². The smallest absolute Gasteiger partial charge is 0.353 e. The molecule has 1 atom stereocenters. The first-order valence-corrected chi connectivity index (χ1v) is 9.98. The summed E-state index contributed by atoms with van der Waals surface area (Å²) in [7, 11) is 0. The highest BCUT2D eigenvalue weighted by atomic mass is 16.2. The summed E-state index contributed by atoms with van der Waals surface area (Å²) in [6.45, 7) is 4.74. The molecule has 0 aromatic heterocycles. The van der Waals surface area contributed by atoms with Crippen molar-refractivity contribution in [1.29, 1.82) is 0 Å². The van der Waals surface area contributed by atoms with Gasteiger partial charge in [0, 0.05) is 6.54 Å². The summed E-state index contributed by atoms with van der Waals surface area (Å²) in [6, 6.07) is 9.38. The maximum Gasteiger partial charge on any atom is 0.446 e. The Morgan fingerprint density at radius 3 is 2.72 bits per heavy atom. The second-order valence-corrected chi connectivity index (χ2v) is 7.63. The van der Waals surface area contributed by atoms with Gasteiger partial charge in [0.1, 0.15) is 6.21 Å². The lowest BCUT2D eigenvalue weighted by Gasteiger charge is -2.27. The molecular weight excluding hydrogens is 368 g/mol. The third-order valence-corrected chi connectivity index (χ3v) is 4.96. The molecule has 1 N–H and O–H groups in total. The van der Waals surface area contributed by atoms with E-state index in [2.05, 4.69) is 10.3 Å². The van der Waals surface area contributed by atoms with Crippen molar-refractivity contribution in [3.8, 4) is 0 Å². The minimum atomic E-state index is -0.623. The highest BCUT2D eigenvalue weighted by molar-refractivity contribution is 6.15. The van der Waals surface area contributed by atoms with Crippen LogP contribution in [0.25, 0.3) is 0 Å². The number of nitrogens with one attached hydrogen (secondary N) is 1. The average Bonchev–Trinajstić information content (AvgIpc) is 2.71. The Hall–Kier alpha value is -3.09. The molecule has 7 heteroatoms. The summed E-state index contributed by atoms with van der Waals surface area (Å²) < 4.78 is 1.32. The van der Waals surface area contributed by atoms with Gasteiger partial charge in [0.2, 0.25) is 0 Å². The summed E-state index contributed by atoms with van der Waals surface area (Å²) in [5.41, 5.74) is 1.13. The van der Waals surface area contributed by atoms with Gasteiger partial charge in [-0.15, -0.1) is 4.99 Å². The Labute approximate surface area is 170 Å². The number of amides is 4. The van der Waals surface area contributed by atoms with Crippen LogP contribution < -0.4 is 5.32 Å². The SMILES string of the molecule is CC(C)CCN1C(=O)C2C=CC=NC2=[N+](CC(=O)NCCc2ccccc2)C1=O. The lowest BCUT2D eigenvalue weighted by atomic mass is 10.0. The molecule has 2 heterocycles. The van der Waals surface area contributed by atoms with E-state index in [1.165, 1.54) is 15.7 Å². The normalized spacial score (nSPS) is 18.4. The second kappa shape index (κ2) is 9.41. The molecule has 2 aliphatic heterocycles. The Morgan fingerprint density at radius 2 is 2.00 bits per heavy atom. The van der Waals surface area contributed by atoms with Crippen LogP contribution in [0, 0.1) is 11.8 Å². The lowest BCUT2D eigenvalue weighted by molar-refractivity contribution is -0.430. The molecule has 4 amide bonds. The summed E-state index contributed by atoms with van der Waals surface area (Å²) in [5.74, 6) is -0.498. The molecule has 0 bridgehead atoms. The van der Waals surface area contributed by atoms with Gasteiger partial charge in [-0.05, 0) is 30.4 Å². The van der Waals surface area contributed by atoms with E-state index >= 15 is 0 Å². The Morgan fingerprint density at radius 1 is 1.24 bits per heavy atom. The third kappa shape index (κ3) is 5.04. The van der Waals surface area contributed by atoms with Crippen LogP contribution in [-0.4, -0.2) is 59.0 Å². The van der Waals surface area contributed by atoms with Crippen LogP contribution in [0.1, 0.15) is 25.8 Å². The molecule has 0 saturated heterocycles. The molecule has 0 saturated carbocycles. The minimum Gasteiger partial charge on any atom is -0.353 e.